The van der Waals surface area contributed by atoms with Gasteiger partial charge in [-0.2, -0.15) is 4.31 Å². The van der Waals surface area contributed by atoms with Gasteiger partial charge >= 0.3 is 0 Å². The summed E-state index contributed by atoms with van der Waals surface area (Å²) in [4.78, 5) is 1.62. The average Bonchev–Trinajstić information content (AvgIpc) is 3.12. The first-order valence-corrected chi connectivity index (χ1v) is 11.1. The average molecular weight is 394 g/mol. The number of methoxy groups -OCH3 is 1. The Bertz CT molecular complexity index is 911. The van der Waals surface area contributed by atoms with Gasteiger partial charge in [0.2, 0.25) is 10.0 Å². The molecule has 2 aromatic rings. The van der Waals surface area contributed by atoms with E-state index in [9.17, 15) is 8.42 Å². The summed E-state index contributed by atoms with van der Waals surface area (Å²) in [7, 11) is -2.08. The van der Waals surface area contributed by atoms with Crippen LogP contribution in [0, 0.1) is 6.92 Å². The monoisotopic (exact) mass is 393 g/mol. The Morgan fingerprint density at radius 3 is 2.73 bits per heavy atom. The molecule has 0 amide bonds. The van der Waals surface area contributed by atoms with Crippen molar-refractivity contribution in [2.24, 2.45) is 0 Å². The summed E-state index contributed by atoms with van der Waals surface area (Å²) in [5, 5.41) is 2.11. The van der Waals surface area contributed by atoms with E-state index >= 15 is 0 Å². The van der Waals surface area contributed by atoms with Gasteiger partial charge in [0.1, 0.15) is 10.6 Å². The van der Waals surface area contributed by atoms with Crippen molar-refractivity contribution in [3.8, 4) is 5.75 Å². The molecule has 0 saturated carbocycles. The molecule has 1 aromatic heterocycles. The van der Waals surface area contributed by atoms with Gasteiger partial charge in [0, 0.05) is 24.4 Å². The Morgan fingerprint density at radius 1 is 1.23 bits per heavy atom. The van der Waals surface area contributed by atoms with E-state index in [1.807, 2.05) is 13.0 Å². The van der Waals surface area contributed by atoms with Crippen molar-refractivity contribution in [2.75, 3.05) is 26.8 Å². The van der Waals surface area contributed by atoms with Gasteiger partial charge in [-0.15, -0.1) is 11.3 Å². The molecule has 2 aliphatic rings. The molecule has 5 nitrogen and oxygen atoms in total. The molecule has 1 saturated heterocycles. The highest BCUT2D eigenvalue weighted by Gasteiger charge is 2.44. The first-order chi connectivity index (χ1) is 12.5. The standard InChI is InChI=1S/C19H23NO4S2/c1-14-3-4-18(16(13-14)23-2)26(21,22)20-9-7-19(8-10-20)15-6-12-25-17(15)5-11-24-19/h3-4,6,12-13H,5,7-11H2,1-2H3. The van der Waals surface area contributed by atoms with Crippen molar-refractivity contribution in [3.63, 3.8) is 0 Å². The van der Waals surface area contributed by atoms with E-state index in [0.717, 1.165) is 12.0 Å². The van der Waals surface area contributed by atoms with E-state index in [0.29, 0.717) is 38.3 Å². The zero-order valence-electron chi connectivity index (χ0n) is 15.0. The molecule has 1 aromatic carbocycles. The molecule has 0 aliphatic carbocycles. The molecule has 0 radical (unpaired) electrons. The van der Waals surface area contributed by atoms with E-state index in [-0.39, 0.29) is 10.5 Å². The maximum atomic E-state index is 13.2. The highest BCUT2D eigenvalue weighted by molar-refractivity contribution is 7.89. The lowest BCUT2D eigenvalue weighted by atomic mass is 9.83. The van der Waals surface area contributed by atoms with Crippen molar-refractivity contribution >= 4 is 21.4 Å². The number of rotatable bonds is 3. The van der Waals surface area contributed by atoms with Gasteiger partial charge in [-0.05, 0) is 54.5 Å². The Morgan fingerprint density at radius 2 is 2.00 bits per heavy atom. The maximum Gasteiger partial charge on any atom is 0.246 e. The normalized spacial score (nSPS) is 20.1. The molecule has 1 fully saturated rings. The summed E-state index contributed by atoms with van der Waals surface area (Å²) < 4.78 is 39.4. The van der Waals surface area contributed by atoms with Crippen LogP contribution in [-0.2, 0) is 26.8 Å². The van der Waals surface area contributed by atoms with Gasteiger partial charge in [0.25, 0.3) is 0 Å². The van der Waals surface area contributed by atoms with Crippen LogP contribution in [0.1, 0.15) is 28.8 Å². The summed E-state index contributed by atoms with van der Waals surface area (Å²) >= 11 is 1.77. The summed E-state index contributed by atoms with van der Waals surface area (Å²) in [6.07, 6.45) is 2.33. The minimum absolute atomic E-state index is 0.238. The van der Waals surface area contributed by atoms with E-state index in [4.69, 9.17) is 9.47 Å². The molecule has 1 spiro atoms. The van der Waals surface area contributed by atoms with Crippen molar-refractivity contribution in [1.29, 1.82) is 0 Å². The summed E-state index contributed by atoms with van der Waals surface area (Å²) in [6, 6.07) is 7.36. The second-order valence-corrected chi connectivity index (χ2v) is 9.82. The SMILES string of the molecule is COc1cc(C)ccc1S(=O)(=O)N1CCC2(CC1)OCCc1sccc12. The van der Waals surface area contributed by atoms with Crippen molar-refractivity contribution < 1.29 is 17.9 Å². The number of piperidine rings is 1. The topological polar surface area (TPSA) is 55.8 Å². The van der Waals surface area contributed by atoms with Crippen molar-refractivity contribution in [2.45, 2.75) is 36.7 Å². The van der Waals surface area contributed by atoms with Crippen LogP contribution in [0.4, 0.5) is 0 Å². The highest BCUT2D eigenvalue weighted by atomic mass is 32.2. The zero-order valence-corrected chi connectivity index (χ0v) is 16.7. The van der Waals surface area contributed by atoms with E-state index < -0.39 is 10.0 Å². The van der Waals surface area contributed by atoms with E-state index in [1.165, 1.54) is 17.6 Å². The maximum absolute atomic E-state index is 13.2. The number of ether oxygens (including phenoxy) is 2. The molecule has 0 atom stereocenters. The molecule has 7 heteroatoms. The van der Waals surface area contributed by atoms with Gasteiger partial charge in [0.15, 0.2) is 0 Å². The third kappa shape index (κ3) is 2.87. The Kier molecular flexibility index (Phi) is 4.59. The quantitative estimate of drug-likeness (QED) is 0.803. The Balaban J connectivity index is 1.59. The molecular weight excluding hydrogens is 370 g/mol. The number of hydrogen-bond acceptors (Lipinski definition) is 5. The Labute approximate surface area is 158 Å². The molecule has 0 unspecified atom stereocenters. The van der Waals surface area contributed by atoms with Crippen molar-refractivity contribution in [1.82, 2.24) is 4.31 Å². The van der Waals surface area contributed by atoms with E-state index in [2.05, 4.69) is 11.4 Å². The van der Waals surface area contributed by atoms with Crippen LogP contribution < -0.4 is 4.74 Å². The van der Waals surface area contributed by atoms with Crippen LogP contribution in [0.5, 0.6) is 5.75 Å². The number of nitrogens with zero attached hydrogens (tertiary/aromatic N) is 1. The fourth-order valence-electron chi connectivity index (χ4n) is 3.99. The fourth-order valence-corrected chi connectivity index (χ4v) is 6.51. The Hall–Kier alpha value is -1.41. The molecule has 4 rings (SSSR count). The largest absolute Gasteiger partial charge is 0.495 e. The fraction of sp³-hybridized carbons (Fsp3) is 0.474. The second kappa shape index (κ2) is 6.64. The molecule has 0 bridgehead atoms. The van der Waals surface area contributed by atoms with Gasteiger partial charge in [-0.25, -0.2) is 8.42 Å². The first kappa shape index (κ1) is 18.0. The van der Waals surface area contributed by atoms with Gasteiger partial charge in [-0.3, -0.25) is 0 Å². The predicted octanol–water partition coefficient (Wildman–Crippen LogP) is 3.32. The number of thiophene rings is 1. The molecule has 140 valence electrons. The molecule has 3 heterocycles. The van der Waals surface area contributed by atoms with Crippen LogP contribution in [0.25, 0.3) is 0 Å². The second-order valence-electron chi connectivity index (χ2n) is 6.91. The zero-order chi connectivity index (χ0) is 18.4. The number of hydrogen-bond donors (Lipinski definition) is 0. The van der Waals surface area contributed by atoms with Crippen molar-refractivity contribution in [3.05, 3.63) is 45.6 Å². The minimum atomic E-state index is -3.59. The minimum Gasteiger partial charge on any atom is -0.495 e. The third-order valence-corrected chi connectivity index (χ3v) is 8.33. The highest BCUT2D eigenvalue weighted by Crippen LogP contribution is 2.44. The number of sulfonamides is 1. The lowest BCUT2D eigenvalue weighted by molar-refractivity contribution is -0.0882. The molecule has 26 heavy (non-hydrogen) atoms. The van der Waals surface area contributed by atoms with Gasteiger partial charge in [0.05, 0.1) is 19.3 Å². The van der Waals surface area contributed by atoms with Crippen LogP contribution in [0.3, 0.4) is 0 Å². The third-order valence-electron chi connectivity index (χ3n) is 5.41. The summed E-state index contributed by atoms with van der Waals surface area (Å²) in [5.41, 5.74) is 1.91. The first-order valence-electron chi connectivity index (χ1n) is 8.82. The predicted molar refractivity (Wildman–Crippen MR) is 101 cm³/mol. The van der Waals surface area contributed by atoms with Crippen LogP contribution in [-0.4, -0.2) is 39.5 Å². The number of benzene rings is 1. The van der Waals surface area contributed by atoms with Gasteiger partial charge < -0.3 is 9.47 Å². The molecule has 2 aliphatic heterocycles. The number of aryl methyl sites for hydroxylation is 1. The summed E-state index contributed by atoms with van der Waals surface area (Å²) in [5.74, 6) is 0.402. The number of fused-ring (bicyclic) bond motifs is 2. The van der Waals surface area contributed by atoms with Crippen LogP contribution in [0.15, 0.2) is 34.5 Å². The molecule has 0 N–H and O–H groups in total. The van der Waals surface area contributed by atoms with E-state index in [1.54, 1.807) is 27.8 Å². The lowest BCUT2D eigenvalue weighted by Crippen LogP contribution is -2.48. The van der Waals surface area contributed by atoms with Gasteiger partial charge in [-0.1, -0.05) is 6.07 Å². The van der Waals surface area contributed by atoms with Crippen LogP contribution >= 0.6 is 11.3 Å². The molecular formula is C19H23NO4S2. The summed E-state index contributed by atoms with van der Waals surface area (Å²) in [6.45, 7) is 3.54. The smallest absolute Gasteiger partial charge is 0.246 e. The lowest BCUT2D eigenvalue weighted by Gasteiger charge is -2.43. The van der Waals surface area contributed by atoms with Crippen LogP contribution in [0.2, 0.25) is 0 Å².